The van der Waals surface area contributed by atoms with E-state index >= 15 is 0 Å². The van der Waals surface area contributed by atoms with Gasteiger partial charge in [0.1, 0.15) is 0 Å². The van der Waals surface area contributed by atoms with Gasteiger partial charge in [0.25, 0.3) is 5.91 Å². The van der Waals surface area contributed by atoms with Crippen LogP contribution >= 0.6 is 15.9 Å². The molecule has 21 heavy (non-hydrogen) atoms. The molecular weight excluding hydrogens is 334 g/mol. The summed E-state index contributed by atoms with van der Waals surface area (Å²) in [5.74, 6) is -0.187. The Balaban J connectivity index is 1.62. The Hall–Kier alpha value is -1.40. The maximum Gasteiger partial charge on any atom is 0.251 e. The number of nitrogens with one attached hydrogen (secondary N) is 3. The van der Waals surface area contributed by atoms with E-state index in [9.17, 15) is 9.59 Å². The number of carbonyl (C=O) groups excluding carboxylic acids is 2. The van der Waals surface area contributed by atoms with Crippen LogP contribution in [-0.4, -0.2) is 37.5 Å². The third-order valence-corrected chi connectivity index (χ3v) is 3.98. The average Bonchev–Trinajstić information content (AvgIpc) is 2.99. The van der Waals surface area contributed by atoms with Gasteiger partial charge in [-0.3, -0.25) is 9.59 Å². The smallest absolute Gasteiger partial charge is 0.251 e. The van der Waals surface area contributed by atoms with Gasteiger partial charge in [-0.1, -0.05) is 15.9 Å². The second kappa shape index (κ2) is 8.14. The molecule has 0 saturated carbocycles. The Bertz CT molecular complexity index is 484. The number of rotatable bonds is 6. The highest BCUT2D eigenvalue weighted by Gasteiger charge is 2.14. The van der Waals surface area contributed by atoms with Gasteiger partial charge in [0.2, 0.25) is 5.91 Å². The first-order valence-corrected chi connectivity index (χ1v) is 7.98. The third-order valence-electron chi connectivity index (χ3n) is 3.45. The zero-order chi connectivity index (χ0) is 15.1. The van der Waals surface area contributed by atoms with Crippen molar-refractivity contribution in [2.45, 2.75) is 25.3 Å². The summed E-state index contributed by atoms with van der Waals surface area (Å²) < 4.78 is 0.930. The molecule has 1 aromatic carbocycles. The van der Waals surface area contributed by atoms with E-state index in [1.807, 2.05) is 12.1 Å². The summed E-state index contributed by atoms with van der Waals surface area (Å²) >= 11 is 3.32. The molecule has 1 fully saturated rings. The van der Waals surface area contributed by atoms with Gasteiger partial charge in [0, 0.05) is 35.6 Å². The fraction of sp³-hybridized carbons (Fsp3) is 0.467. The van der Waals surface area contributed by atoms with Crippen LogP contribution in [0.1, 0.15) is 29.6 Å². The molecule has 0 aromatic heterocycles. The van der Waals surface area contributed by atoms with E-state index in [1.54, 1.807) is 12.1 Å². The van der Waals surface area contributed by atoms with E-state index in [0.717, 1.165) is 17.4 Å². The van der Waals surface area contributed by atoms with Crippen LogP contribution < -0.4 is 16.0 Å². The molecule has 1 heterocycles. The fourth-order valence-corrected chi connectivity index (χ4v) is 2.51. The van der Waals surface area contributed by atoms with Crippen LogP contribution in [-0.2, 0) is 4.79 Å². The monoisotopic (exact) mass is 353 g/mol. The first-order valence-electron chi connectivity index (χ1n) is 7.19. The van der Waals surface area contributed by atoms with Crippen molar-refractivity contribution in [3.8, 4) is 0 Å². The van der Waals surface area contributed by atoms with Crippen LogP contribution in [0.4, 0.5) is 0 Å². The van der Waals surface area contributed by atoms with Crippen molar-refractivity contribution >= 4 is 27.7 Å². The lowest BCUT2D eigenvalue weighted by Gasteiger charge is -2.11. The van der Waals surface area contributed by atoms with Gasteiger partial charge in [-0.05, 0) is 43.7 Å². The predicted octanol–water partition coefficient (Wildman–Crippen LogP) is 1.44. The maximum atomic E-state index is 11.8. The van der Waals surface area contributed by atoms with Crippen LogP contribution in [0.2, 0.25) is 0 Å². The van der Waals surface area contributed by atoms with Gasteiger partial charge >= 0.3 is 0 Å². The summed E-state index contributed by atoms with van der Waals surface area (Å²) in [6.07, 6.45) is 2.58. The van der Waals surface area contributed by atoms with Crippen molar-refractivity contribution in [1.29, 1.82) is 0 Å². The second-order valence-electron chi connectivity index (χ2n) is 5.11. The molecule has 0 aliphatic carbocycles. The maximum absolute atomic E-state index is 11.8. The van der Waals surface area contributed by atoms with E-state index < -0.39 is 0 Å². The Morgan fingerprint density at radius 3 is 2.67 bits per heavy atom. The predicted molar refractivity (Wildman–Crippen MR) is 85.1 cm³/mol. The summed E-state index contributed by atoms with van der Waals surface area (Å²) in [5, 5.41) is 8.96. The van der Waals surface area contributed by atoms with E-state index in [4.69, 9.17) is 0 Å². The molecule has 1 saturated heterocycles. The van der Waals surface area contributed by atoms with E-state index in [1.165, 1.54) is 6.42 Å². The molecule has 0 bridgehead atoms. The minimum atomic E-state index is -0.159. The summed E-state index contributed by atoms with van der Waals surface area (Å²) in [4.78, 5) is 23.5. The number of amides is 2. The van der Waals surface area contributed by atoms with Crippen LogP contribution in [0.3, 0.4) is 0 Å². The molecule has 1 unspecified atom stereocenters. The zero-order valence-electron chi connectivity index (χ0n) is 11.8. The minimum Gasteiger partial charge on any atom is -0.354 e. The Morgan fingerprint density at radius 1 is 1.24 bits per heavy atom. The molecule has 1 aromatic rings. The first kappa shape index (κ1) is 16.0. The highest BCUT2D eigenvalue weighted by Crippen LogP contribution is 2.10. The van der Waals surface area contributed by atoms with Crippen LogP contribution in [0.15, 0.2) is 28.7 Å². The molecule has 1 aliphatic heterocycles. The van der Waals surface area contributed by atoms with Gasteiger partial charge in [0.05, 0.1) is 0 Å². The Labute approximate surface area is 133 Å². The van der Waals surface area contributed by atoms with E-state index in [2.05, 4.69) is 31.9 Å². The molecule has 5 nitrogen and oxygen atoms in total. The third kappa shape index (κ3) is 5.47. The summed E-state index contributed by atoms with van der Waals surface area (Å²) in [6.45, 7) is 2.04. The van der Waals surface area contributed by atoms with Gasteiger partial charge in [-0.2, -0.15) is 0 Å². The van der Waals surface area contributed by atoms with Gasteiger partial charge < -0.3 is 16.0 Å². The number of hydrogen-bond acceptors (Lipinski definition) is 3. The fourth-order valence-electron chi connectivity index (χ4n) is 2.25. The van der Waals surface area contributed by atoms with Crippen molar-refractivity contribution in [2.24, 2.45) is 0 Å². The summed E-state index contributed by atoms with van der Waals surface area (Å²) in [5.41, 5.74) is 0.591. The quantitative estimate of drug-likeness (QED) is 0.724. The molecule has 114 valence electrons. The second-order valence-corrected chi connectivity index (χ2v) is 6.03. The largest absolute Gasteiger partial charge is 0.354 e. The molecule has 2 rings (SSSR count). The average molecular weight is 354 g/mol. The molecule has 0 spiro atoms. The first-order chi connectivity index (χ1) is 10.1. The molecule has 6 heteroatoms. The van der Waals surface area contributed by atoms with Crippen molar-refractivity contribution in [1.82, 2.24) is 16.0 Å². The highest BCUT2D eigenvalue weighted by molar-refractivity contribution is 9.10. The lowest BCUT2D eigenvalue weighted by atomic mass is 10.2. The SMILES string of the molecule is O=C(CCNC(=O)c1ccc(Br)cc1)NCC1CCCN1. The zero-order valence-corrected chi connectivity index (χ0v) is 13.4. The molecule has 1 atom stereocenters. The van der Waals surface area contributed by atoms with Crippen molar-refractivity contribution in [3.05, 3.63) is 34.3 Å². The van der Waals surface area contributed by atoms with Crippen LogP contribution in [0.25, 0.3) is 0 Å². The molecular formula is C15H20BrN3O2. The molecule has 2 amide bonds. The minimum absolute atomic E-state index is 0.0280. The lowest BCUT2D eigenvalue weighted by Crippen LogP contribution is -2.38. The Morgan fingerprint density at radius 2 is 2.00 bits per heavy atom. The lowest BCUT2D eigenvalue weighted by molar-refractivity contribution is -0.121. The Kier molecular flexibility index (Phi) is 6.20. The van der Waals surface area contributed by atoms with Gasteiger partial charge in [-0.25, -0.2) is 0 Å². The normalized spacial score (nSPS) is 17.5. The number of hydrogen-bond donors (Lipinski definition) is 3. The number of benzene rings is 1. The van der Waals surface area contributed by atoms with E-state index in [-0.39, 0.29) is 11.8 Å². The van der Waals surface area contributed by atoms with Crippen LogP contribution in [0, 0.1) is 0 Å². The standard InChI is InChI=1S/C15H20BrN3O2/c16-12-5-3-11(4-6-12)15(21)18-9-7-14(20)19-10-13-2-1-8-17-13/h3-6,13,17H,1-2,7-10H2,(H,18,21)(H,19,20). The van der Waals surface area contributed by atoms with Crippen molar-refractivity contribution < 1.29 is 9.59 Å². The van der Waals surface area contributed by atoms with Crippen LogP contribution in [0.5, 0.6) is 0 Å². The highest BCUT2D eigenvalue weighted by atomic mass is 79.9. The van der Waals surface area contributed by atoms with Crippen molar-refractivity contribution in [3.63, 3.8) is 0 Å². The number of halogens is 1. The summed E-state index contributed by atoms with van der Waals surface area (Å²) in [7, 11) is 0. The van der Waals surface area contributed by atoms with E-state index in [0.29, 0.717) is 31.1 Å². The van der Waals surface area contributed by atoms with Crippen molar-refractivity contribution in [2.75, 3.05) is 19.6 Å². The molecule has 0 radical (unpaired) electrons. The molecule has 3 N–H and O–H groups in total. The summed E-state index contributed by atoms with van der Waals surface area (Å²) in [6, 6.07) is 7.51. The van der Waals surface area contributed by atoms with Gasteiger partial charge in [0.15, 0.2) is 0 Å². The topological polar surface area (TPSA) is 70.2 Å². The molecule has 1 aliphatic rings. The number of carbonyl (C=O) groups is 2. The van der Waals surface area contributed by atoms with Gasteiger partial charge in [-0.15, -0.1) is 0 Å².